The predicted molar refractivity (Wildman–Crippen MR) is 67.3 cm³/mol. The predicted octanol–water partition coefficient (Wildman–Crippen LogP) is 1.47. The average Bonchev–Trinajstić information content (AvgIpc) is 2.74. The van der Waals surface area contributed by atoms with Crippen molar-refractivity contribution in [3.63, 3.8) is 0 Å². The van der Waals surface area contributed by atoms with Crippen molar-refractivity contribution in [2.75, 3.05) is 25.4 Å². The molecule has 0 spiro atoms. The second kappa shape index (κ2) is 5.24. The average molecular weight is 261 g/mol. The molecule has 5 heteroatoms. The molecule has 2 atom stereocenters. The van der Waals surface area contributed by atoms with Crippen molar-refractivity contribution in [2.24, 2.45) is 11.8 Å². The molecular formula is C12H23NO3S. The van der Waals surface area contributed by atoms with Crippen molar-refractivity contribution in [2.45, 2.75) is 39.2 Å². The molecular weight excluding hydrogens is 238 g/mol. The lowest BCUT2D eigenvalue weighted by Crippen LogP contribution is -2.33. The summed E-state index contributed by atoms with van der Waals surface area (Å²) in [6.07, 6.45) is 3.79. The van der Waals surface area contributed by atoms with Crippen molar-refractivity contribution in [3.05, 3.63) is 0 Å². The highest BCUT2D eigenvalue weighted by molar-refractivity contribution is 7.89. The van der Waals surface area contributed by atoms with Gasteiger partial charge < -0.3 is 4.74 Å². The second-order valence-electron chi connectivity index (χ2n) is 5.50. The summed E-state index contributed by atoms with van der Waals surface area (Å²) in [4.78, 5) is 0. The monoisotopic (exact) mass is 261 g/mol. The number of hydrogen-bond donors (Lipinski definition) is 0. The molecule has 0 aromatic rings. The summed E-state index contributed by atoms with van der Waals surface area (Å²) in [5.74, 6) is 1.37. The first-order valence-corrected chi connectivity index (χ1v) is 8.19. The Bertz CT molecular complexity index is 341. The topological polar surface area (TPSA) is 46.6 Å². The van der Waals surface area contributed by atoms with Crippen LogP contribution in [0.2, 0.25) is 0 Å². The SMILES string of the molecule is CC(C)OCCS(=O)(=O)N1C[C@H]2CCC[C@@H]2C1. The van der Waals surface area contributed by atoms with Crippen LogP contribution in [0.25, 0.3) is 0 Å². The molecule has 2 fully saturated rings. The summed E-state index contributed by atoms with van der Waals surface area (Å²) >= 11 is 0. The van der Waals surface area contributed by atoms with Gasteiger partial charge in [-0.1, -0.05) is 6.42 Å². The molecule has 0 bridgehead atoms. The highest BCUT2D eigenvalue weighted by Crippen LogP contribution is 2.38. The molecule has 100 valence electrons. The summed E-state index contributed by atoms with van der Waals surface area (Å²) in [6, 6.07) is 0. The van der Waals surface area contributed by atoms with Crippen LogP contribution in [0.3, 0.4) is 0 Å². The number of sulfonamides is 1. The van der Waals surface area contributed by atoms with Crippen LogP contribution in [-0.2, 0) is 14.8 Å². The van der Waals surface area contributed by atoms with Crippen molar-refractivity contribution in [1.29, 1.82) is 0 Å². The summed E-state index contributed by atoms with van der Waals surface area (Å²) in [7, 11) is -3.09. The molecule has 0 aromatic heterocycles. The van der Waals surface area contributed by atoms with Crippen molar-refractivity contribution in [1.82, 2.24) is 4.31 Å². The van der Waals surface area contributed by atoms with Gasteiger partial charge in [0, 0.05) is 13.1 Å². The van der Waals surface area contributed by atoms with E-state index >= 15 is 0 Å². The van der Waals surface area contributed by atoms with E-state index in [0.717, 1.165) is 13.1 Å². The third-order valence-electron chi connectivity index (χ3n) is 3.88. The lowest BCUT2D eigenvalue weighted by molar-refractivity contribution is 0.0907. The maximum absolute atomic E-state index is 12.1. The molecule has 1 saturated carbocycles. The zero-order valence-electron chi connectivity index (χ0n) is 10.8. The van der Waals surface area contributed by atoms with E-state index in [1.54, 1.807) is 4.31 Å². The zero-order chi connectivity index (χ0) is 12.5. The van der Waals surface area contributed by atoms with E-state index < -0.39 is 10.0 Å². The quantitative estimate of drug-likeness (QED) is 0.753. The highest BCUT2D eigenvalue weighted by Gasteiger charge is 2.40. The third kappa shape index (κ3) is 3.20. The lowest BCUT2D eigenvalue weighted by atomic mass is 10.0. The second-order valence-corrected chi connectivity index (χ2v) is 7.59. The fourth-order valence-electron chi connectivity index (χ4n) is 2.94. The molecule has 1 aliphatic carbocycles. The molecule has 2 rings (SSSR count). The lowest BCUT2D eigenvalue weighted by Gasteiger charge is -2.17. The normalized spacial score (nSPS) is 30.1. The van der Waals surface area contributed by atoms with Crippen LogP contribution in [0, 0.1) is 11.8 Å². The van der Waals surface area contributed by atoms with Crippen molar-refractivity contribution in [3.8, 4) is 0 Å². The first-order chi connectivity index (χ1) is 7.99. The molecule has 1 heterocycles. The van der Waals surface area contributed by atoms with E-state index in [9.17, 15) is 8.42 Å². The fraction of sp³-hybridized carbons (Fsp3) is 1.00. The van der Waals surface area contributed by atoms with Gasteiger partial charge in [-0.3, -0.25) is 0 Å². The molecule has 4 nitrogen and oxygen atoms in total. The van der Waals surface area contributed by atoms with Gasteiger partial charge in [0.15, 0.2) is 0 Å². The molecule has 0 radical (unpaired) electrons. The number of hydrogen-bond acceptors (Lipinski definition) is 3. The summed E-state index contributed by atoms with van der Waals surface area (Å²) in [5.41, 5.74) is 0. The van der Waals surface area contributed by atoms with Crippen LogP contribution in [-0.4, -0.2) is 44.3 Å². The first-order valence-electron chi connectivity index (χ1n) is 6.58. The molecule has 0 amide bonds. The van der Waals surface area contributed by atoms with Gasteiger partial charge >= 0.3 is 0 Å². The third-order valence-corrected chi connectivity index (χ3v) is 5.65. The molecule has 2 aliphatic rings. The minimum atomic E-state index is -3.09. The number of ether oxygens (including phenoxy) is 1. The van der Waals surface area contributed by atoms with Crippen LogP contribution in [0.5, 0.6) is 0 Å². The number of fused-ring (bicyclic) bond motifs is 1. The van der Waals surface area contributed by atoms with Crippen molar-refractivity contribution < 1.29 is 13.2 Å². The minimum Gasteiger partial charge on any atom is -0.378 e. The molecule has 0 unspecified atom stereocenters. The number of rotatable bonds is 5. The van der Waals surface area contributed by atoms with Gasteiger partial charge in [-0.05, 0) is 38.5 Å². The molecule has 0 aromatic carbocycles. The molecule has 1 aliphatic heterocycles. The summed E-state index contributed by atoms with van der Waals surface area (Å²) in [5, 5.41) is 0. The number of nitrogens with zero attached hydrogens (tertiary/aromatic N) is 1. The van der Waals surface area contributed by atoms with Gasteiger partial charge in [-0.25, -0.2) is 12.7 Å². The summed E-state index contributed by atoms with van der Waals surface area (Å²) < 4.78 is 31.2. The Labute approximate surface area is 104 Å². The van der Waals surface area contributed by atoms with E-state index in [1.807, 2.05) is 13.8 Å². The summed E-state index contributed by atoms with van der Waals surface area (Å²) in [6.45, 7) is 5.65. The first kappa shape index (κ1) is 13.3. The van der Waals surface area contributed by atoms with E-state index in [-0.39, 0.29) is 11.9 Å². The highest BCUT2D eigenvalue weighted by atomic mass is 32.2. The Hall–Kier alpha value is -0.130. The Morgan fingerprint density at radius 1 is 1.24 bits per heavy atom. The van der Waals surface area contributed by atoms with Crippen LogP contribution in [0.4, 0.5) is 0 Å². The van der Waals surface area contributed by atoms with E-state index in [2.05, 4.69) is 0 Å². The minimum absolute atomic E-state index is 0.100. The molecule has 0 N–H and O–H groups in total. The maximum atomic E-state index is 12.1. The fourth-order valence-corrected chi connectivity index (χ4v) is 4.34. The van der Waals surface area contributed by atoms with Gasteiger partial charge in [0.05, 0.1) is 18.5 Å². The molecule has 17 heavy (non-hydrogen) atoms. The Morgan fingerprint density at radius 2 is 1.82 bits per heavy atom. The Kier molecular flexibility index (Phi) is 4.10. The Morgan fingerprint density at radius 3 is 2.35 bits per heavy atom. The standard InChI is InChI=1S/C12H23NO3S/c1-10(2)16-6-7-17(14,15)13-8-11-4-3-5-12(11)9-13/h10-12H,3-9H2,1-2H3/t11-,12-/m1/s1. The van der Waals surface area contributed by atoms with Gasteiger partial charge in [0.1, 0.15) is 0 Å². The van der Waals surface area contributed by atoms with E-state index in [0.29, 0.717) is 18.4 Å². The van der Waals surface area contributed by atoms with E-state index in [1.165, 1.54) is 19.3 Å². The van der Waals surface area contributed by atoms with Gasteiger partial charge in [-0.2, -0.15) is 0 Å². The van der Waals surface area contributed by atoms with Crippen LogP contribution in [0.15, 0.2) is 0 Å². The Balaban J connectivity index is 1.84. The zero-order valence-corrected chi connectivity index (χ0v) is 11.6. The van der Waals surface area contributed by atoms with Crippen LogP contribution >= 0.6 is 0 Å². The van der Waals surface area contributed by atoms with E-state index in [4.69, 9.17) is 4.74 Å². The smallest absolute Gasteiger partial charge is 0.216 e. The molecule has 1 saturated heterocycles. The van der Waals surface area contributed by atoms with Crippen LogP contribution in [0.1, 0.15) is 33.1 Å². The largest absolute Gasteiger partial charge is 0.378 e. The van der Waals surface area contributed by atoms with Crippen molar-refractivity contribution >= 4 is 10.0 Å². The van der Waals surface area contributed by atoms with Gasteiger partial charge in [-0.15, -0.1) is 0 Å². The van der Waals surface area contributed by atoms with Gasteiger partial charge in [0.25, 0.3) is 0 Å². The maximum Gasteiger partial charge on any atom is 0.216 e. The van der Waals surface area contributed by atoms with Gasteiger partial charge in [0.2, 0.25) is 10.0 Å². The van der Waals surface area contributed by atoms with Crippen LogP contribution < -0.4 is 0 Å².